The lowest BCUT2D eigenvalue weighted by atomic mass is 9.98. The monoisotopic (exact) mass is 334 g/mol. The van der Waals surface area contributed by atoms with Gasteiger partial charge in [0.1, 0.15) is 0 Å². The Morgan fingerprint density at radius 1 is 1.29 bits per heavy atom. The number of aromatic nitrogens is 2. The molecule has 2 atom stereocenters. The van der Waals surface area contributed by atoms with Crippen molar-refractivity contribution in [1.29, 1.82) is 0 Å². The molecule has 2 fully saturated rings. The Bertz CT molecular complexity index is 634. The number of hydrogen-bond donors (Lipinski definition) is 1. The third-order valence-corrected chi connectivity index (χ3v) is 5.19. The molecule has 1 N–H and O–H groups in total. The fourth-order valence-electron chi connectivity index (χ4n) is 3.89. The number of nitrogens with one attached hydrogen (secondary N) is 1. The van der Waals surface area contributed by atoms with E-state index in [1.54, 1.807) is 0 Å². The number of aryl methyl sites for hydroxylation is 1. The highest BCUT2D eigenvalue weighted by Crippen LogP contribution is 2.33. The summed E-state index contributed by atoms with van der Waals surface area (Å²) >= 11 is 0. The quantitative estimate of drug-likeness (QED) is 0.879. The second kappa shape index (κ2) is 6.13. The largest absolute Gasteiger partial charge is 0.378 e. The minimum absolute atomic E-state index is 0.0119. The van der Waals surface area contributed by atoms with Crippen LogP contribution in [0.2, 0.25) is 0 Å². The maximum absolute atomic E-state index is 12.9. The van der Waals surface area contributed by atoms with Gasteiger partial charge in [0.2, 0.25) is 0 Å². The summed E-state index contributed by atoms with van der Waals surface area (Å²) in [4.78, 5) is 14.8. The molecule has 1 amide bonds. The van der Waals surface area contributed by atoms with E-state index in [0.29, 0.717) is 17.8 Å². The highest BCUT2D eigenvalue weighted by molar-refractivity contribution is 5.94. The fourth-order valence-corrected chi connectivity index (χ4v) is 3.89. The number of likely N-dealkylation sites (tertiary alicyclic amines) is 1. The average Bonchev–Trinajstić information content (AvgIpc) is 2.82. The molecule has 0 bridgehead atoms. The maximum atomic E-state index is 12.9. The molecular formula is C17H26N4O3. The van der Waals surface area contributed by atoms with Crippen LogP contribution in [0.3, 0.4) is 0 Å². The third-order valence-electron chi connectivity index (χ3n) is 5.19. The zero-order chi connectivity index (χ0) is 16.8. The Morgan fingerprint density at radius 3 is 2.67 bits per heavy atom. The molecule has 7 nitrogen and oxygen atoms in total. The molecule has 0 saturated carbocycles. The summed E-state index contributed by atoms with van der Waals surface area (Å²) in [7, 11) is 0. The summed E-state index contributed by atoms with van der Waals surface area (Å²) in [6.45, 7) is 9.99. The minimum Gasteiger partial charge on any atom is -0.378 e. The number of nitrogens with zero attached hydrogens (tertiary/aromatic N) is 3. The topological polar surface area (TPSA) is 68.6 Å². The van der Waals surface area contributed by atoms with E-state index >= 15 is 0 Å². The summed E-state index contributed by atoms with van der Waals surface area (Å²) in [6, 6.07) is 0.839. The van der Waals surface area contributed by atoms with Gasteiger partial charge in [-0.25, -0.2) is 0 Å². The first kappa shape index (κ1) is 16.1. The number of amides is 1. The molecule has 0 unspecified atom stereocenters. The average molecular weight is 334 g/mol. The van der Waals surface area contributed by atoms with Crippen LogP contribution < -0.4 is 5.32 Å². The normalized spacial score (nSPS) is 27.5. The first-order valence-corrected chi connectivity index (χ1v) is 8.95. The number of ether oxygens (including phenoxy) is 2. The lowest BCUT2D eigenvalue weighted by Gasteiger charge is -2.43. The second-order valence-electron chi connectivity index (χ2n) is 7.13. The molecule has 2 saturated heterocycles. The van der Waals surface area contributed by atoms with Crippen LogP contribution in [-0.4, -0.2) is 65.1 Å². The van der Waals surface area contributed by atoms with E-state index in [9.17, 15) is 4.79 Å². The summed E-state index contributed by atoms with van der Waals surface area (Å²) in [6.07, 6.45) is 0.871. The van der Waals surface area contributed by atoms with Gasteiger partial charge in [-0.2, -0.15) is 5.10 Å². The van der Waals surface area contributed by atoms with Crippen molar-refractivity contribution in [3.63, 3.8) is 0 Å². The van der Waals surface area contributed by atoms with Crippen LogP contribution >= 0.6 is 0 Å². The molecule has 132 valence electrons. The minimum atomic E-state index is -0.0119. The van der Waals surface area contributed by atoms with Crippen molar-refractivity contribution in [1.82, 2.24) is 20.0 Å². The second-order valence-corrected chi connectivity index (χ2v) is 7.13. The summed E-state index contributed by atoms with van der Waals surface area (Å²) in [5, 5.41) is 8.13. The van der Waals surface area contributed by atoms with Crippen molar-refractivity contribution in [2.75, 3.05) is 26.3 Å². The zero-order valence-corrected chi connectivity index (χ0v) is 14.6. The van der Waals surface area contributed by atoms with Gasteiger partial charge < -0.3 is 19.7 Å². The fraction of sp³-hybridized carbons (Fsp3) is 0.765. The van der Waals surface area contributed by atoms with Crippen LogP contribution in [0.25, 0.3) is 0 Å². The molecule has 3 aliphatic heterocycles. The molecule has 4 heterocycles. The van der Waals surface area contributed by atoms with Crippen LogP contribution in [0.4, 0.5) is 0 Å². The van der Waals surface area contributed by atoms with E-state index in [0.717, 1.165) is 50.5 Å². The molecule has 7 heteroatoms. The zero-order valence-electron chi connectivity index (χ0n) is 14.6. The predicted molar refractivity (Wildman–Crippen MR) is 88.0 cm³/mol. The van der Waals surface area contributed by atoms with Gasteiger partial charge >= 0.3 is 0 Å². The number of carbonyl (C=O) groups excluding carboxylic acids is 1. The van der Waals surface area contributed by atoms with E-state index in [1.807, 2.05) is 16.5 Å². The van der Waals surface area contributed by atoms with Gasteiger partial charge in [0, 0.05) is 37.7 Å². The van der Waals surface area contributed by atoms with Gasteiger partial charge in [-0.3, -0.25) is 9.48 Å². The van der Waals surface area contributed by atoms with Gasteiger partial charge in [0.25, 0.3) is 5.91 Å². The van der Waals surface area contributed by atoms with Crippen molar-refractivity contribution in [2.24, 2.45) is 0 Å². The molecule has 24 heavy (non-hydrogen) atoms. The lowest BCUT2D eigenvalue weighted by molar-refractivity contribution is -0.0211. The van der Waals surface area contributed by atoms with Crippen LogP contribution in [0, 0.1) is 0 Å². The standard InChI is InChI=1S/C17H26N4O3/c1-4-21-16-11(3)24-10(2)5-14(16)15(19-21)17(22)20-6-12(7-20)18-13-8-23-9-13/h10-13,18H,4-9H2,1-3H3/t10-,11+/m1/s1. The van der Waals surface area contributed by atoms with Crippen molar-refractivity contribution >= 4 is 5.91 Å². The first-order valence-electron chi connectivity index (χ1n) is 8.95. The van der Waals surface area contributed by atoms with Gasteiger partial charge in [-0.15, -0.1) is 0 Å². The van der Waals surface area contributed by atoms with Crippen molar-refractivity contribution in [3.8, 4) is 0 Å². The van der Waals surface area contributed by atoms with Crippen LogP contribution in [0.5, 0.6) is 0 Å². The maximum Gasteiger partial charge on any atom is 0.274 e. The molecule has 0 spiro atoms. The smallest absolute Gasteiger partial charge is 0.274 e. The molecule has 3 aliphatic rings. The van der Waals surface area contributed by atoms with E-state index in [2.05, 4.69) is 24.3 Å². The van der Waals surface area contributed by atoms with Gasteiger partial charge in [0.05, 0.1) is 37.2 Å². The molecule has 0 aromatic carbocycles. The predicted octanol–water partition coefficient (Wildman–Crippen LogP) is 0.738. The Hall–Kier alpha value is -1.44. The molecule has 0 radical (unpaired) electrons. The number of rotatable bonds is 4. The number of hydrogen-bond acceptors (Lipinski definition) is 5. The molecule has 4 rings (SSSR count). The van der Waals surface area contributed by atoms with E-state index in [4.69, 9.17) is 9.47 Å². The van der Waals surface area contributed by atoms with Crippen molar-refractivity contribution in [2.45, 2.75) is 58.0 Å². The third kappa shape index (κ3) is 2.64. The van der Waals surface area contributed by atoms with E-state index in [-0.39, 0.29) is 18.1 Å². The summed E-state index contributed by atoms with van der Waals surface area (Å²) in [5.74, 6) is 0.0580. The van der Waals surface area contributed by atoms with Gasteiger partial charge in [0.15, 0.2) is 5.69 Å². The van der Waals surface area contributed by atoms with Crippen molar-refractivity contribution < 1.29 is 14.3 Å². The lowest BCUT2D eigenvalue weighted by Crippen LogP contribution is -2.64. The van der Waals surface area contributed by atoms with Crippen LogP contribution in [-0.2, 0) is 22.4 Å². The first-order chi connectivity index (χ1) is 11.6. The van der Waals surface area contributed by atoms with Crippen LogP contribution in [0.15, 0.2) is 0 Å². The highest BCUT2D eigenvalue weighted by Gasteiger charge is 2.38. The Morgan fingerprint density at radius 2 is 2.04 bits per heavy atom. The molecule has 1 aromatic rings. The summed E-state index contributed by atoms with van der Waals surface area (Å²) in [5.41, 5.74) is 2.77. The van der Waals surface area contributed by atoms with Gasteiger partial charge in [-0.1, -0.05) is 0 Å². The Balaban J connectivity index is 1.49. The SMILES string of the molecule is CCn1nc(C(=O)N2CC(NC3COC3)C2)c2c1[C@H](C)O[C@H](C)C2. The van der Waals surface area contributed by atoms with E-state index < -0.39 is 0 Å². The van der Waals surface area contributed by atoms with Gasteiger partial charge in [-0.05, 0) is 20.8 Å². The van der Waals surface area contributed by atoms with Crippen molar-refractivity contribution in [3.05, 3.63) is 17.0 Å². The Kier molecular flexibility index (Phi) is 4.10. The van der Waals surface area contributed by atoms with Crippen LogP contribution in [0.1, 0.15) is 48.6 Å². The number of carbonyl (C=O) groups is 1. The molecular weight excluding hydrogens is 308 g/mol. The molecule has 1 aromatic heterocycles. The molecule has 0 aliphatic carbocycles. The number of fused-ring (bicyclic) bond motifs is 1. The summed E-state index contributed by atoms with van der Waals surface area (Å²) < 4.78 is 13.0. The Labute approximate surface area is 142 Å². The highest BCUT2D eigenvalue weighted by atomic mass is 16.5. The van der Waals surface area contributed by atoms with E-state index in [1.165, 1.54) is 0 Å².